The number of carboxylic acid groups (broad SMARTS) is 1. The SMILES string of the molecule is C[C@H](N)c1cc(Br)cc(C(=O)O)c1O.Cl. The highest BCUT2D eigenvalue weighted by atomic mass is 79.9. The number of nitrogens with two attached hydrogens (primary N) is 1. The van der Waals surface area contributed by atoms with Crippen molar-refractivity contribution >= 4 is 34.3 Å². The molecule has 1 atom stereocenters. The van der Waals surface area contributed by atoms with Gasteiger partial charge in [0, 0.05) is 16.1 Å². The summed E-state index contributed by atoms with van der Waals surface area (Å²) in [6, 6.07) is 2.53. The van der Waals surface area contributed by atoms with Crippen molar-refractivity contribution in [1.29, 1.82) is 0 Å². The van der Waals surface area contributed by atoms with Crippen molar-refractivity contribution in [3.8, 4) is 5.75 Å². The summed E-state index contributed by atoms with van der Waals surface area (Å²) in [5, 5.41) is 18.3. The minimum absolute atomic E-state index is 0. The van der Waals surface area contributed by atoms with E-state index in [1.807, 2.05) is 0 Å². The summed E-state index contributed by atoms with van der Waals surface area (Å²) >= 11 is 3.15. The summed E-state index contributed by atoms with van der Waals surface area (Å²) in [7, 11) is 0. The molecule has 1 rings (SSSR count). The molecule has 0 radical (unpaired) electrons. The van der Waals surface area contributed by atoms with Gasteiger partial charge in [0.2, 0.25) is 0 Å². The molecule has 0 bridgehead atoms. The average Bonchev–Trinajstić information content (AvgIpc) is 2.07. The Morgan fingerprint density at radius 3 is 2.47 bits per heavy atom. The molecule has 1 aromatic rings. The number of hydrogen-bond acceptors (Lipinski definition) is 3. The quantitative estimate of drug-likeness (QED) is 0.782. The van der Waals surface area contributed by atoms with Crippen molar-refractivity contribution in [3.05, 3.63) is 27.7 Å². The van der Waals surface area contributed by atoms with Gasteiger partial charge in [-0.05, 0) is 19.1 Å². The standard InChI is InChI=1S/C9H10BrNO3.ClH/c1-4(11)6-2-5(10)3-7(8(6)12)9(13)14;/h2-4,12H,11H2,1H3,(H,13,14);1H/t4-;/m0./s1. The van der Waals surface area contributed by atoms with Gasteiger partial charge in [0.05, 0.1) is 0 Å². The Kier molecular flexibility index (Phi) is 5.07. The Morgan fingerprint density at radius 2 is 2.07 bits per heavy atom. The lowest BCUT2D eigenvalue weighted by atomic mass is 10.0. The molecule has 0 heterocycles. The van der Waals surface area contributed by atoms with Gasteiger partial charge in [-0.3, -0.25) is 0 Å². The van der Waals surface area contributed by atoms with Crippen LogP contribution in [0.25, 0.3) is 0 Å². The van der Waals surface area contributed by atoms with Crippen molar-refractivity contribution in [3.63, 3.8) is 0 Å². The van der Waals surface area contributed by atoms with E-state index in [-0.39, 0.29) is 23.7 Å². The van der Waals surface area contributed by atoms with Crippen LogP contribution in [0.4, 0.5) is 0 Å². The van der Waals surface area contributed by atoms with E-state index in [4.69, 9.17) is 10.8 Å². The zero-order valence-corrected chi connectivity index (χ0v) is 10.3. The second-order valence-electron chi connectivity index (χ2n) is 2.99. The number of phenols is 1. The van der Waals surface area contributed by atoms with E-state index in [1.165, 1.54) is 6.07 Å². The van der Waals surface area contributed by atoms with E-state index in [0.717, 1.165) is 0 Å². The molecule has 0 saturated carbocycles. The van der Waals surface area contributed by atoms with Crippen LogP contribution in [-0.4, -0.2) is 16.2 Å². The predicted octanol–water partition coefficient (Wildman–Crippen LogP) is 2.29. The molecule has 0 aliphatic heterocycles. The molecule has 6 heteroatoms. The van der Waals surface area contributed by atoms with Crippen LogP contribution in [-0.2, 0) is 0 Å². The molecule has 4 nitrogen and oxygen atoms in total. The average molecular weight is 297 g/mol. The van der Waals surface area contributed by atoms with E-state index in [0.29, 0.717) is 10.0 Å². The lowest BCUT2D eigenvalue weighted by Gasteiger charge is -2.11. The maximum atomic E-state index is 10.7. The molecule has 1 aromatic carbocycles. The van der Waals surface area contributed by atoms with Gasteiger partial charge >= 0.3 is 5.97 Å². The highest BCUT2D eigenvalue weighted by Crippen LogP contribution is 2.30. The summed E-state index contributed by atoms with van der Waals surface area (Å²) in [5.74, 6) is -1.44. The molecule has 84 valence electrons. The van der Waals surface area contributed by atoms with E-state index >= 15 is 0 Å². The fourth-order valence-corrected chi connectivity index (χ4v) is 1.61. The van der Waals surface area contributed by atoms with Gasteiger partial charge in [0.15, 0.2) is 0 Å². The number of benzene rings is 1. The van der Waals surface area contributed by atoms with Crippen LogP contribution >= 0.6 is 28.3 Å². The first-order chi connectivity index (χ1) is 6.43. The van der Waals surface area contributed by atoms with Crippen LogP contribution in [0, 0.1) is 0 Å². The van der Waals surface area contributed by atoms with E-state index in [9.17, 15) is 9.90 Å². The van der Waals surface area contributed by atoms with Crippen molar-refractivity contribution in [2.45, 2.75) is 13.0 Å². The topological polar surface area (TPSA) is 83.6 Å². The first kappa shape index (κ1) is 14.2. The number of hydrogen-bond donors (Lipinski definition) is 3. The first-order valence-electron chi connectivity index (χ1n) is 3.94. The highest BCUT2D eigenvalue weighted by Gasteiger charge is 2.16. The Hall–Kier alpha value is -0.780. The first-order valence-corrected chi connectivity index (χ1v) is 4.74. The Balaban J connectivity index is 0.00000196. The molecule has 0 spiro atoms. The third-order valence-corrected chi connectivity index (χ3v) is 2.28. The zero-order chi connectivity index (χ0) is 10.9. The van der Waals surface area contributed by atoms with Gasteiger partial charge in [-0.25, -0.2) is 4.79 Å². The van der Waals surface area contributed by atoms with Gasteiger partial charge in [-0.15, -0.1) is 12.4 Å². The van der Waals surface area contributed by atoms with Crippen molar-refractivity contribution in [2.24, 2.45) is 5.73 Å². The summed E-state index contributed by atoms with van der Waals surface area (Å²) in [5.41, 5.74) is 5.85. The van der Waals surface area contributed by atoms with Crippen molar-refractivity contribution < 1.29 is 15.0 Å². The maximum Gasteiger partial charge on any atom is 0.339 e. The fourth-order valence-electron chi connectivity index (χ4n) is 1.13. The predicted molar refractivity (Wildman–Crippen MR) is 62.6 cm³/mol. The van der Waals surface area contributed by atoms with Crippen LogP contribution in [0.1, 0.15) is 28.9 Å². The molecule has 15 heavy (non-hydrogen) atoms. The third kappa shape index (κ3) is 3.09. The summed E-state index contributed by atoms with van der Waals surface area (Å²) in [4.78, 5) is 10.7. The highest BCUT2D eigenvalue weighted by molar-refractivity contribution is 9.10. The van der Waals surface area contributed by atoms with Crippen LogP contribution in [0.15, 0.2) is 16.6 Å². The van der Waals surface area contributed by atoms with Crippen molar-refractivity contribution in [2.75, 3.05) is 0 Å². The summed E-state index contributed by atoms with van der Waals surface area (Å²) < 4.78 is 0.583. The zero-order valence-electron chi connectivity index (χ0n) is 7.90. The van der Waals surface area contributed by atoms with Gasteiger partial charge in [0.1, 0.15) is 11.3 Å². The minimum atomic E-state index is -1.18. The summed E-state index contributed by atoms with van der Waals surface area (Å²) in [6.07, 6.45) is 0. The van der Waals surface area contributed by atoms with Crippen LogP contribution < -0.4 is 5.73 Å². The lowest BCUT2D eigenvalue weighted by molar-refractivity contribution is 0.0693. The molecule has 0 fully saturated rings. The molecule has 0 aliphatic carbocycles. The number of rotatable bonds is 2. The van der Waals surface area contributed by atoms with Gasteiger partial charge < -0.3 is 15.9 Å². The second-order valence-corrected chi connectivity index (χ2v) is 3.90. The van der Waals surface area contributed by atoms with Crippen LogP contribution in [0.2, 0.25) is 0 Å². The van der Waals surface area contributed by atoms with E-state index in [1.54, 1.807) is 13.0 Å². The minimum Gasteiger partial charge on any atom is -0.507 e. The Bertz CT molecular complexity index is 382. The maximum absolute atomic E-state index is 10.7. The normalized spacial score (nSPS) is 11.7. The van der Waals surface area contributed by atoms with Gasteiger partial charge in [0.25, 0.3) is 0 Å². The number of carboxylic acids is 1. The van der Waals surface area contributed by atoms with Crippen LogP contribution in [0.5, 0.6) is 5.75 Å². The molecule has 0 aliphatic rings. The third-order valence-electron chi connectivity index (χ3n) is 1.83. The molecule has 0 amide bonds. The number of carbonyl (C=O) groups is 1. The molecular weight excluding hydrogens is 285 g/mol. The monoisotopic (exact) mass is 295 g/mol. The van der Waals surface area contributed by atoms with Crippen LogP contribution in [0.3, 0.4) is 0 Å². The number of aromatic carboxylic acids is 1. The van der Waals surface area contributed by atoms with E-state index < -0.39 is 12.0 Å². The van der Waals surface area contributed by atoms with Crippen molar-refractivity contribution in [1.82, 2.24) is 0 Å². The number of aromatic hydroxyl groups is 1. The Morgan fingerprint density at radius 1 is 1.53 bits per heavy atom. The van der Waals surface area contributed by atoms with E-state index in [2.05, 4.69) is 15.9 Å². The lowest BCUT2D eigenvalue weighted by Crippen LogP contribution is -2.08. The second kappa shape index (κ2) is 5.34. The van der Waals surface area contributed by atoms with Gasteiger partial charge in [-0.1, -0.05) is 15.9 Å². The Labute approximate surface area is 102 Å². The molecule has 0 saturated heterocycles. The fraction of sp³-hybridized carbons (Fsp3) is 0.222. The molecular formula is C9H11BrClNO3. The van der Waals surface area contributed by atoms with Gasteiger partial charge in [-0.2, -0.15) is 0 Å². The molecule has 0 aromatic heterocycles. The molecule has 4 N–H and O–H groups in total. The smallest absolute Gasteiger partial charge is 0.339 e. The number of halogens is 2. The largest absolute Gasteiger partial charge is 0.507 e. The summed E-state index contributed by atoms with van der Waals surface area (Å²) in [6.45, 7) is 1.67. The molecule has 0 unspecified atom stereocenters.